The Labute approximate surface area is 96.8 Å². The summed E-state index contributed by atoms with van der Waals surface area (Å²) in [5.74, 6) is 7.57. The van der Waals surface area contributed by atoms with Crippen LogP contribution in [0, 0.1) is 12.8 Å². The molecule has 4 N–H and O–H groups in total. The van der Waals surface area contributed by atoms with Gasteiger partial charge < -0.3 is 10.7 Å². The quantitative estimate of drug-likeness (QED) is 0.507. The Morgan fingerprint density at radius 2 is 1.88 bits per heavy atom. The van der Waals surface area contributed by atoms with Crippen LogP contribution in [0.15, 0.2) is 6.33 Å². The summed E-state index contributed by atoms with van der Waals surface area (Å²) in [6.07, 6.45) is 3.86. The van der Waals surface area contributed by atoms with Gasteiger partial charge in [0.05, 0.1) is 0 Å². The smallest absolute Gasteiger partial charge is 0.148 e. The van der Waals surface area contributed by atoms with E-state index >= 15 is 0 Å². The van der Waals surface area contributed by atoms with Crippen LogP contribution >= 0.6 is 0 Å². The standard InChI is InChI=1S/C11H21N5/c1-4-9(5-2)6-13-10-8(3)11(16-12)15-7-14-10/h7,9H,4-6,12H2,1-3H3,(H2,13,14,15,16). The minimum Gasteiger partial charge on any atom is -0.369 e. The Hall–Kier alpha value is -1.36. The van der Waals surface area contributed by atoms with Crippen LogP contribution in [0.25, 0.3) is 0 Å². The van der Waals surface area contributed by atoms with Crippen molar-refractivity contribution in [3.05, 3.63) is 11.9 Å². The number of nitrogens with zero attached hydrogens (tertiary/aromatic N) is 2. The van der Waals surface area contributed by atoms with Gasteiger partial charge in [-0.3, -0.25) is 0 Å². The van der Waals surface area contributed by atoms with Crippen molar-refractivity contribution in [2.45, 2.75) is 33.6 Å². The van der Waals surface area contributed by atoms with Crippen molar-refractivity contribution in [2.24, 2.45) is 11.8 Å². The Morgan fingerprint density at radius 1 is 1.25 bits per heavy atom. The minimum absolute atomic E-state index is 0.669. The summed E-state index contributed by atoms with van der Waals surface area (Å²) >= 11 is 0. The van der Waals surface area contributed by atoms with E-state index in [2.05, 4.69) is 34.6 Å². The van der Waals surface area contributed by atoms with E-state index in [0.29, 0.717) is 11.7 Å². The average Bonchev–Trinajstić information content (AvgIpc) is 2.32. The van der Waals surface area contributed by atoms with Gasteiger partial charge in [-0.25, -0.2) is 15.8 Å². The van der Waals surface area contributed by atoms with Gasteiger partial charge in [-0.05, 0) is 12.8 Å². The number of hydrogen-bond acceptors (Lipinski definition) is 5. The predicted octanol–water partition coefficient (Wildman–Crippen LogP) is 1.92. The van der Waals surface area contributed by atoms with E-state index in [1.165, 1.54) is 19.2 Å². The minimum atomic E-state index is 0.669. The maximum atomic E-state index is 5.36. The molecule has 0 unspecified atom stereocenters. The molecule has 5 heteroatoms. The van der Waals surface area contributed by atoms with Crippen molar-refractivity contribution < 1.29 is 0 Å². The predicted molar refractivity (Wildman–Crippen MR) is 67.1 cm³/mol. The van der Waals surface area contributed by atoms with E-state index in [-0.39, 0.29) is 0 Å². The first-order valence-corrected chi connectivity index (χ1v) is 5.74. The van der Waals surface area contributed by atoms with Crippen LogP contribution in [0.5, 0.6) is 0 Å². The first-order chi connectivity index (χ1) is 7.72. The monoisotopic (exact) mass is 223 g/mol. The molecule has 1 rings (SSSR count). The Bertz CT molecular complexity index is 322. The van der Waals surface area contributed by atoms with Gasteiger partial charge in [0.25, 0.3) is 0 Å². The average molecular weight is 223 g/mol. The number of nitrogens with one attached hydrogen (secondary N) is 2. The number of hydrazine groups is 1. The molecule has 5 nitrogen and oxygen atoms in total. The summed E-state index contributed by atoms with van der Waals surface area (Å²) in [5, 5.41) is 3.34. The Kier molecular flexibility index (Phi) is 4.98. The highest BCUT2D eigenvalue weighted by Gasteiger charge is 2.07. The summed E-state index contributed by atoms with van der Waals surface area (Å²) in [4.78, 5) is 8.25. The third-order valence-corrected chi connectivity index (χ3v) is 2.93. The molecule has 1 aromatic rings. The lowest BCUT2D eigenvalue weighted by Crippen LogP contribution is -2.16. The lowest BCUT2D eigenvalue weighted by Gasteiger charge is -2.15. The van der Waals surface area contributed by atoms with Gasteiger partial charge in [0.15, 0.2) is 0 Å². The number of aromatic nitrogens is 2. The maximum Gasteiger partial charge on any atom is 0.148 e. The molecule has 1 aromatic heterocycles. The Balaban J connectivity index is 2.66. The highest BCUT2D eigenvalue weighted by molar-refractivity contribution is 5.55. The highest BCUT2D eigenvalue weighted by Crippen LogP contribution is 2.18. The zero-order valence-electron chi connectivity index (χ0n) is 10.2. The molecule has 0 aliphatic heterocycles. The fourth-order valence-corrected chi connectivity index (χ4v) is 1.59. The van der Waals surface area contributed by atoms with Crippen LogP contribution in [0.1, 0.15) is 32.3 Å². The Morgan fingerprint density at radius 3 is 2.44 bits per heavy atom. The van der Waals surface area contributed by atoms with Crippen LogP contribution in [0.3, 0.4) is 0 Å². The van der Waals surface area contributed by atoms with Gasteiger partial charge >= 0.3 is 0 Å². The summed E-state index contributed by atoms with van der Waals surface area (Å²) in [5.41, 5.74) is 3.51. The molecule has 1 heterocycles. The van der Waals surface area contributed by atoms with E-state index in [1.807, 2.05) is 6.92 Å². The topological polar surface area (TPSA) is 75.9 Å². The van der Waals surface area contributed by atoms with E-state index in [4.69, 9.17) is 5.84 Å². The second-order valence-electron chi connectivity index (χ2n) is 3.90. The second-order valence-corrected chi connectivity index (χ2v) is 3.90. The molecule has 0 bridgehead atoms. The van der Waals surface area contributed by atoms with E-state index in [1.54, 1.807) is 0 Å². The number of nitrogen functional groups attached to an aromatic ring is 1. The summed E-state index contributed by atoms with van der Waals surface area (Å²) in [6, 6.07) is 0. The molecule has 0 amide bonds. The summed E-state index contributed by atoms with van der Waals surface area (Å²) in [7, 11) is 0. The summed E-state index contributed by atoms with van der Waals surface area (Å²) < 4.78 is 0. The van der Waals surface area contributed by atoms with Crippen LogP contribution < -0.4 is 16.6 Å². The van der Waals surface area contributed by atoms with Crippen LogP contribution in [0.2, 0.25) is 0 Å². The van der Waals surface area contributed by atoms with Gasteiger partial charge in [-0.2, -0.15) is 0 Å². The normalized spacial score (nSPS) is 10.6. The van der Waals surface area contributed by atoms with Crippen molar-refractivity contribution >= 4 is 11.6 Å². The van der Waals surface area contributed by atoms with E-state index in [0.717, 1.165) is 17.9 Å². The maximum absolute atomic E-state index is 5.36. The van der Waals surface area contributed by atoms with Gasteiger partial charge in [0.1, 0.15) is 18.0 Å². The van der Waals surface area contributed by atoms with Gasteiger partial charge in [-0.15, -0.1) is 0 Å². The first-order valence-electron chi connectivity index (χ1n) is 5.74. The van der Waals surface area contributed by atoms with E-state index in [9.17, 15) is 0 Å². The second kappa shape index (κ2) is 6.27. The molecule has 90 valence electrons. The molecule has 0 saturated heterocycles. The molecule has 0 fully saturated rings. The van der Waals surface area contributed by atoms with Gasteiger partial charge in [0.2, 0.25) is 0 Å². The van der Waals surface area contributed by atoms with Crippen molar-refractivity contribution in [2.75, 3.05) is 17.3 Å². The fraction of sp³-hybridized carbons (Fsp3) is 0.636. The molecule has 0 aromatic carbocycles. The molecule has 0 radical (unpaired) electrons. The van der Waals surface area contributed by atoms with Crippen LogP contribution in [0.4, 0.5) is 11.6 Å². The zero-order valence-corrected chi connectivity index (χ0v) is 10.2. The number of hydrogen-bond donors (Lipinski definition) is 3. The molecule has 0 aliphatic rings. The first kappa shape index (κ1) is 12.7. The fourth-order valence-electron chi connectivity index (χ4n) is 1.59. The molecule has 0 aliphatic carbocycles. The molecule has 0 spiro atoms. The lowest BCUT2D eigenvalue weighted by molar-refractivity contribution is 0.518. The van der Waals surface area contributed by atoms with Crippen molar-refractivity contribution in [3.63, 3.8) is 0 Å². The van der Waals surface area contributed by atoms with Crippen molar-refractivity contribution in [3.8, 4) is 0 Å². The molecule has 0 atom stereocenters. The number of anilines is 2. The molecule has 16 heavy (non-hydrogen) atoms. The van der Waals surface area contributed by atoms with E-state index < -0.39 is 0 Å². The third-order valence-electron chi connectivity index (χ3n) is 2.93. The highest BCUT2D eigenvalue weighted by atomic mass is 15.3. The van der Waals surface area contributed by atoms with Crippen molar-refractivity contribution in [1.82, 2.24) is 9.97 Å². The number of nitrogens with two attached hydrogens (primary N) is 1. The van der Waals surface area contributed by atoms with Crippen molar-refractivity contribution in [1.29, 1.82) is 0 Å². The van der Waals surface area contributed by atoms with Gasteiger partial charge in [0, 0.05) is 12.1 Å². The van der Waals surface area contributed by atoms with Gasteiger partial charge in [-0.1, -0.05) is 26.7 Å². The van der Waals surface area contributed by atoms with Crippen LogP contribution in [-0.4, -0.2) is 16.5 Å². The zero-order chi connectivity index (χ0) is 12.0. The molecular formula is C11H21N5. The third kappa shape index (κ3) is 3.06. The van der Waals surface area contributed by atoms with Crippen LogP contribution in [-0.2, 0) is 0 Å². The largest absolute Gasteiger partial charge is 0.369 e. The SMILES string of the molecule is CCC(CC)CNc1ncnc(NN)c1C. The number of rotatable bonds is 6. The molecular weight excluding hydrogens is 202 g/mol. The summed E-state index contributed by atoms with van der Waals surface area (Å²) in [6.45, 7) is 7.30. The molecule has 0 saturated carbocycles. The lowest BCUT2D eigenvalue weighted by atomic mass is 10.0.